The fourth-order valence-corrected chi connectivity index (χ4v) is 6.03. The van der Waals surface area contributed by atoms with Crippen molar-refractivity contribution in [2.45, 2.75) is 58.1 Å². The number of benzene rings is 1. The van der Waals surface area contributed by atoms with Gasteiger partial charge in [-0.2, -0.15) is 12.7 Å². The monoisotopic (exact) mass is 589 g/mol. The van der Waals surface area contributed by atoms with E-state index < -0.39 is 33.3 Å². The minimum absolute atomic E-state index is 0.118. The number of hydrogen-bond acceptors (Lipinski definition) is 6. The Morgan fingerprint density at radius 1 is 1.18 bits per heavy atom. The van der Waals surface area contributed by atoms with E-state index >= 15 is 0 Å². The zero-order chi connectivity index (χ0) is 28.5. The van der Waals surface area contributed by atoms with Gasteiger partial charge in [0.25, 0.3) is 5.91 Å². The van der Waals surface area contributed by atoms with E-state index in [1.807, 2.05) is 4.72 Å². The number of aryl methyl sites for hydroxylation is 1. The molecule has 1 aromatic carbocycles. The van der Waals surface area contributed by atoms with E-state index in [9.17, 15) is 22.8 Å². The third-order valence-corrected chi connectivity index (χ3v) is 8.43. The highest BCUT2D eigenvalue weighted by molar-refractivity contribution is 7.87. The normalized spacial score (nSPS) is 18.7. The first-order valence-corrected chi connectivity index (χ1v) is 14.2. The van der Waals surface area contributed by atoms with Gasteiger partial charge in [0, 0.05) is 44.5 Å². The van der Waals surface area contributed by atoms with Gasteiger partial charge in [0.05, 0.1) is 15.6 Å². The lowest BCUT2D eigenvalue weighted by Crippen LogP contribution is -2.62. The van der Waals surface area contributed by atoms with Crippen molar-refractivity contribution in [3.05, 3.63) is 33.9 Å². The summed E-state index contributed by atoms with van der Waals surface area (Å²) in [5.74, 6) is -0.698. The van der Waals surface area contributed by atoms with Crippen molar-refractivity contribution in [1.29, 1.82) is 0 Å². The van der Waals surface area contributed by atoms with Crippen molar-refractivity contribution < 1.29 is 27.5 Å². The predicted molar refractivity (Wildman–Crippen MR) is 146 cm³/mol. The van der Waals surface area contributed by atoms with Crippen LogP contribution < -0.4 is 15.4 Å². The predicted octanol–water partition coefficient (Wildman–Crippen LogP) is 3.35. The number of nitrogens with one attached hydrogen (secondary N) is 3. The molecule has 1 fully saturated rings. The van der Waals surface area contributed by atoms with Gasteiger partial charge in [-0.15, -0.1) is 0 Å². The smallest absolute Gasteiger partial charge is 0.422 e. The van der Waals surface area contributed by atoms with E-state index in [4.69, 9.17) is 27.9 Å². The Morgan fingerprint density at radius 3 is 2.50 bits per heavy atom. The van der Waals surface area contributed by atoms with Crippen molar-refractivity contribution >= 4 is 62.2 Å². The minimum Gasteiger partial charge on any atom is -0.443 e. The standard InChI is InChI=1S/C24H33Cl2N5O6S/c1-15(32)27-11-10-24(9-6-12-31(14-24)38(35,36)29-22(34)37-23(2,3)4)28-21(33)19-13-16-18(30(19)5)8-7-17(25)20(16)26/h7-8,13H,6,9-12,14H2,1-5H3,(H,27,32)(H,28,33)(H,29,34). The molecule has 0 aliphatic carbocycles. The van der Waals surface area contributed by atoms with Crippen LogP contribution in [0.3, 0.4) is 0 Å². The second kappa shape index (κ2) is 11.3. The van der Waals surface area contributed by atoms with Crippen molar-refractivity contribution in [2.75, 3.05) is 19.6 Å². The van der Waals surface area contributed by atoms with Crippen molar-refractivity contribution in [2.24, 2.45) is 7.05 Å². The van der Waals surface area contributed by atoms with Crippen molar-refractivity contribution in [3.8, 4) is 0 Å². The minimum atomic E-state index is -4.27. The number of piperidine rings is 1. The molecule has 1 atom stereocenters. The number of aromatic nitrogens is 1. The number of hydrogen-bond donors (Lipinski definition) is 3. The van der Waals surface area contributed by atoms with Crippen LogP contribution in [0, 0.1) is 0 Å². The first-order valence-electron chi connectivity index (χ1n) is 12.0. The lowest BCUT2D eigenvalue weighted by atomic mass is 9.86. The maximum absolute atomic E-state index is 13.5. The van der Waals surface area contributed by atoms with E-state index in [0.717, 1.165) is 4.31 Å². The van der Waals surface area contributed by atoms with Crippen LogP contribution in [0.15, 0.2) is 18.2 Å². The van der Waals surface area contributed by atoms with Gasteiger partial charge < -0.3 is 19.9 Å². The second-order valence-corrected chi connectivity index (χ2v) is 12.9. The summed E-state index contributed by atoms with van der Waals surface area (Å²) in [4.78, 5) is 37.2. The molecular formula is C24H33Cl2N5O6S. The molecule has 1 saturated heterocycles. The largest absolute Gasteiger partial charge is 0.443 e. The fourth-order valence-electron chi connectivity index (χ4n) is 4.48. The summed E-state index contributed by atoms with van der Waals surface area (Å²) in [6.45, 7) is 6.47. The molecule has 2 heterocycles. The molecule has 2 aromatic rings. The molecule has 0 bridgehead atoms. The van der Waals surface area contributed by atoms with Crippen LogP contribution in [0.5, 0.6) is 0 Å². The summed E-state index contributed by atoms with van der Waals surface area (Å²) in [5, 5.41) is 7.00. The molecule has 11 nitrogen and oxygen atoms in total. The molecule has 1 aliphatic rings. The lowest BCUT2D eigenvalue weighted by Gasteiger charge is -2.42. The Kier molecular flexibility index (Phi) is 8.91. The van der Waals surface area contributed by atoms with Gasteiger partial charge in [-0.1, -0.05) is 23.2 Å². The van der Waals surface area contributed by atoms with Crippen LogP contribution >= 0.6 is 23.2 Å². The van der Waals surface area contributed by atoms with Gasteiger partial charge in [0.1, 0.15) is 11.3 Å². The zero-order valence-corrected chi connectivity index (χ0v) is 24.3. The molecule has 210 valence electrons. The Bertz CT molecular complexity index is 1350. The molecule has 0 radical (unpaired) electrons. The van der Waals surface area contributed by atoms with Gasteiger partial charge in [0.2, 0.25) is 5.91 Å². The Morgan fingerprint density at radius 2 is 1.87 bits per heavy atom. The van der Waals surface area contributed by atoms with Crippen molar-refractivity contribution in [3.63, 3.8) is 0 Å². The molecule has 0 spiro atoms. The summed E-state index contributed by atoms with van der Waals surface area (Å²) >= 11 is 12.5. The molecular weight excluding hydrogens is 557 g/mol. The maximum atomic E-state index is 13.5. The van der Waals surface area contributed by atoms with Gasteiger partial charge >= 0.3 is 16.3 Å². The van der Waals surface area contributed by atoms with E-state index in [-0.39, 0.29) is 32.0 Å². The summed E-state index contributed by atoms with van der Waals surface area (Å²) < 4.78 is 35.9. The Hall–Kier alpha value is -2.54. The third-order valence-electron chi connectivity index (χ3n) is 6.20. The van der Waals surface area contributed by atoms with Crippen LogP contribution in [-0.4, -0.2) is 66.0 Å². The second-order valence-electron chi connectivity index (χ2n) is 10.4. The Labute approximate surface area is 232 Å². The molecule has 1 aliphatic heterocycles. The number of carbonyl (C=O) groups excluding carboxylic acids is 3. The van der Waals surface area contributed by atoms with E-state index in [1.54, 1.807) is 50.6 Å². The molecule has 3 amide bonds. The van der Waals surface area contributed by atoms with Gasteiger partial charge in [-0.3, -0.25) is 9.59 Å². The van der Waals surface area contributed by atoms with E-state index in [1.165, 1.54) is 6.92 Å². The topological polar surface area (TPSA) is 139 Å². The molecule has 14 heteroatoms. The van der Waals surface area contributed by atoms with Gasteiger partial charge in [-0.25, -0.2) is 9.52 Å². The number of rotatable bonds is 7. The number of nitrogens with zero attached hydrogens (tertiary/aromatic N) is 2. The van der Waals surface area contributed by atoms with Crippen LogP contribution in [-0.2, 0) is 26.8 Å². The van der Waals surface area contributed by atoms with Crippen LogP contribution in [0.4, 0.5) is 4.79 Å². The molecule has 3 N–H and O–H groups in total. The number of fused-ring (bicyclic) bond motifs is 1. The molecule has 1 unspecified atom stereocenters. The number of carbonyl (C=O) groups is 3. The highest BCUT2D eigenvalue weighted by Crippen LogP contribution is 2.33. The SMILES string of the molecule is CC(=O)NCCC1(NC(=O)c2cc3c(Cl)c(Cl)ccc3n2C)CCCN(S(=O)(=O)NC(=O)OC(C)(C)C)C1. The highest BCUT2D eigenvalue weighted by atomic mass is 35.5. The molecule has 3 rings (SSSR count). The summed E-state index contributed by atoms with van der Waals surface area (Å²) in [6, 6.07) is 5.02. The average Bonchev–Trinajstić information content (AvgIpc) is 3.11. The van der Waals surface area contributed by atoms with Crippen LogP contribution in [0.1, 0.15) is 57.4 Å². The number of amides is 3. The summed E-state index contributed by atoms with van der Waals surface area (Å²) in [6.07, 6.45) is 0.0224. The quantitative estimate of drug-likeness (QED) is 0.452. The average molecular weight is 591 g/mol. The van der Waals surface area contributed by atoms with Gasteiger partial charge in [0.15, 0.2) is 0 Å². The first-order chi connectivity index (χ1) is 17.5. The summed E-state index contributed by atoms with van der Waals surface area (Å²) in [7, 11) is -2.56. The molecule has 0 saturated carbocycles. The summed E-state index contributed by atoms with van der Waals surface area (Å²) in [5.41, 5.74) is -0.914. The van der Waals surface area contributed by atoms with Gasteiger partial charge in [-0.05, 0) is 58.2 Å². The third kappa shape index (κ3) is 7.10. The Balaban J connectivity index is 1.89. The van der Waals surface area contributed by atoms with Crippen LogP contribution in [0.2, 0.25) is 10.0 Å². The van der Waals surface area contributed by atoms with Crippen LogP contribution in [0.25, 0.3) is 10.9 Å². The van der Waals surface area contributed by atoms with E-state index in [0.29, 0.717) is 39.5 Å². The molecule has 1 aromatic heterocycles. The van der Waals surface area contributed by atoms with Crippen molar-refractivity contribution in [1.82, 2.24) is 24.2 Å². The maximum Gasteiger partial charge on any atom is 0.422 e. The zero-order valence-electron chi connectivity index (χ0n) is 22.0. The number of halogens is 2. The number of ether oxygens (including phenoxy) is 1. The highest BCUT2D eigenvalue weighted by Gasteiger charge is 2.42. The fraction of sp³-hybridized carbons (Fsp3) is 0.542. The van der Waals surface area contributed by atoms with E-state index in [2.05, 4.69) is 10.6 Å². The lowest BCUT2D eigenvalue weighted by molar-refractivity contribution is -0.119. The molecule has 38 heavy (non-hydrogen) atoms. The first kappa shape index (κ1) is 30.0.